The van der Waals surface area contributed by atoms with Crippen LogP contribution in [0.25, 0.3) is 0 Å². The van der Waals surface area contributed by atoms with E-state index in [1.54, 1.807) is 31.4 Å². The highest BCUT2D eigenvalue weighted by molar-refractivity contribution is 7.99. The van der Waals surface area contributed by atoms with E-state index in [1.165, 1.54) is 24.9 Å². The highest BCUT2D eigenvalue weighted by Gasteiger charge is 2.01. The van der Waals surface area contributed by atoms with Crippen molar-refractivity contribution in [1.29, 1.82) is 0 Å². The van der Waals surface area contributed by atoms with Gasteiger partial charge in [0.1, 0.15) is 11.5 Å². The fourth-order valence-electron chi connectivity index (χ4n) is 1.98. The molecule has 1 N–H and O–H groups in total. The average molecular weight is 372 g/mol. The minimum absolute atomic E-state index is 0.170. The molecule has 26 heavy (non-hydrogen) atoms. The van der Waals surface area contributed by atoms with Crippen LogP contribution in [0.5, 0.6) is 11.5 Å². The van der Waals surface area contributed by atoms with Gasteiger partial charge in [0.2, 0.25) is 5.91 Å². The first-order valence-electron chi connectivity index (χ1n) is 7.88. The van der Waals surface area contributed by atoms with E-state index < -0.39 is 0 Å². The van der Waals surface area contributed by atoms with Crippen molar-refractivity contribution in [3.63, 3.8) is 0 Å². The molecule has 2 rings (SSSR count). The quantitative estimate of drug-likeness (QED) is 0.334. The third kappa shape index (κ3) is 6.98. The number of methoxy groups -OCH3 is 1. The molecule has 0 aliphatic carbocycles. The van der Waals surface area contributed by atoms with Gasteiger partial charge >= 0.3 is 5.97 Å². The summed E-state index contributed by atoms with van der Waals surface area (Å²) >= 11 is 1.51. The van der Waals surface area contributed by atoms with Crippen molar-refractivity contribution in [3.05, 3.63) is 59.7 Å². The zero-order chi connectivity index (χ0) is 18.8. The van der Waals surface area contributed by atoms with Crippen molar-refractivity contribution >= 4 is 29.9 Å². The van der Waals surface area contributed by atoms with E-state index in [1.807, 2.05) is 24.3 Å². The smallest absolute Gasteiger partial charge is 0.308 e. The van der Waals surface area contributed by atoms with Gasteiger partial charge in [-0.1, -0.05) is 12.1 Å². The van der Waals surface area contributed by atoms with Crippen molar-refractivity contribution in [2.45, 2.75) is 12.7 Å². The molecular formula is C19H20N2O4S. The Labute approximate surface area is 156 Å². The molecule has 6 nitrogen and oxygen atoms in total. The Bertz CT molecular complexity index is 758. The number of carbonyl (C=O) groups is 2. The minimum atomic E-state index is -0.370. The molecule has 0 saturated heterocycles. The van der Waals surface area contributed by atoms with E-state index in [9.17, 15) is 9.59 Å². The highest BCUT2D eigenvalue weighted by atomic mass is 32.2. The number of ether oxygens (including phenoxy) is 2. The summed E-state index contributed by atoms with van der Waals surface area (Å²) in [5.74, 6) is 1.79. The second-order valence-electron chi connectivity index (χ2n) is 5.30. The van der Waals surface area contributed by atoms with Crippen LogP contribution in [-0.2, 0) is 15.3 Å². The predicted molar refractivity (Wildman–Crippen MR) is 103 cm³/mol. The van der Waals surface area contributed by atoms with E-state index in [-0.39, 0.29) is 11.9 Å². The van der Waals surface area contributed by atoms with Crippen LogP contribution >= 0.6 is 11.8 Å². The van der Waals surface area contributed by atoms with Crippen molar-refractivity contribution in [2.75, 3.05) is 12.9 Å². The number of rotatable bonds is 8. The molecule has 0 saturated carbocycles. The number of nitrogens with one attached hydrogen (secondary N) is 1. The molecule has 0 unspecified atom stereocenters. The number of nitrogens with zero attached hydrogens (tertiary/aromatic N) is 1. The number of hydrazone groups is 1. The molecule has 0 aliphatic rings. The van der Waals surface area contributed by atoms with Crippen LogP contribution in [-0.4, -0.2) is 31.0 Å². The van der Waals surface area contributed by atoms with Crippen LogP contribution in [0.3, 0.4) is 0 Å². The van der Waals surface area contributed by atoms with Gasteiger partial charge in [0.05, 0.1) is 19.1 Å². The lowest BCUT2D eigenvalue weighted by atomic mass is 10.2. The fraction of sp³-hybridized carbons (Fsp3) is 0.211. The van der Waals surface area contributed by atoms with Crippen LogP contribution in [0.15, 0.2) is 53.6 Å². The van der Waals surface area contributed by atoms with Crippen LogP contribution in [0.2, 0.25) is 0 Å². The second kappa shape index (κ2) is 10.2. The van der Waals surface area contributed by atoms with Crippen molar-refractivity contribution in [2.24, 2.45) is 5.10 Å². The number of thioether (sulfide) groups is 1. The van der Waals surface area contributed by atoms with Gasteiger partial charge in [0.25, 0.3) is 0 Å². The van der Waals surface area contributed by atoms with Gasteiger partial charge in [-0.15, -0.1) is 11.8 Å². The minimum Gasteiger partial charge on any atom is -0.497 e. The highest BCUT2D eigenvalue weighted by Crippen LogP contribution is 2.16. The summed E-state index contributed by atoms with van der Waals surface area (Å²) in [5, 5.41) is 3.92. The molecule has 0 bridgehead atoms. The third-order valence-electron chi connectivity index (χ3n) is 3.21. The summed E-state index contributed by atoms with van der Waals surface area (Å²) in [6, 6.07) is 14.5. The Hall–Kier alpha value is -2.80. The van der Waals surface area contributed by atoms with Gasteiger partial charge in [-0.2, -0.15) is 5.10 Å². The Kier molecular flexibility index (Phi) is 7.70. The maximum absolute atomic E-state index is 11.8. The van der Waals surface area contributed by atoms with Crippen molar-refractivity contribution in [3.8, 4) is 11.5 Å². The van der Waals surface area contributed by atoms with Gasteiger partial charge in [-0.25, -0.2) is 5.43 Å². The van der Waals surface area contributed by atoms with Gasteiger partial charge in [-0.05, 0) is 47.5 Å². The summed E-state index contributed by atoms with van der Waals surface area (Å²) in [6.45, 7) is 1.34. The van der Waals surface area contributed by atoms with Gasteiger partial charge < -0.3 is 9.47 Å². The molecule has 0 radical (unpaired) electrons. The summed E-state index contributed by atoms with van der Waals surface area (Å²) in [7, 11) is 1.63. The first kappa shape index (κ1) is 19.5. The molecule has 0 heterocycles. The first-order valence-corrected chi connectivity index (χ1v) is 9.03. The maximum atomic E-state index is 11.8. The largest absolute Gasteiger partial charge is 0.497 e. The molecule has 7 heteroatoms. The number of hydrogen-bond donors (Lipinski definition) is 1. The van der Waals surface area contributed by atoms with Crippen LogP contribution < -0.4 is 14.9 Å². The topological polar surface area (TPSA) is 77.0 Å². The third-order valence-corrected chi connectivity index (χ3v) is 4.21. The van der Waals surface area contributed by atoms with Crippen molar-refractivity contribution in [1.82, 2.24) is 5.43 Å². The number of benzene rings is 2. The van der Waals surface area contributed by atoms with E-state index in [0.717, 1.165) is 22.6 Å². The lowest BCUT2D eigenvalue weighted by molar-refractivity contribution is -0.131. The summed E-state index contributed by atoms with van der Waals surface area (Å²) in [6.07, 6.45) is 1.53. The van der Waals surface area contributed by atoms with E-state index in [2.05, 4.69) is 10.5 Å². The van der Waals surface area contributed by atoms with Crippen LogP contribution in [0.4, 0.5) is 0 Å². The van der Waals surface area contributed by atoms with Crippen molar-refractivity contribution < 1.29 is 19.1 Å². The van der Waals surface area contributed by atoms with Gasteiger partial charge in [0, 0.05) is 12.7 Å². The maximum Gasteiger partial charge on any atom is 0.308 e. The molecule has 0 fully saturated rings. The summed E-state index contributed by atoms with van der Waals surface area (Å²) in [5.41, 5.74) is 4.40. The van der Waals surface area contributed by atoms with Gasteiger partial charge in [0.15, 0.2) is 0 Å². The molecule has 0 aliphatic heterocycles. The van der Waals surface area contributed by atoms with E-state index >= 15 is 0 Å². The summed E-state index contributed by atoms with van der Waals surface area (Å²) in [4.78, 5) is 22.6. The molecule has 2 aromatic rings. The van der Waals surface area contributed by atoms with Gasteiger partial charge in [-0.3, -0.25) is 9.59 Å². The van der Waals surface area contributed by atoms with E-state index in [0.29, 0.717) is 11.5 Å². The molecule has 0 spiro atoms. The second-order valence-corrected chi connectivity index (χ2v) is 6.28. The molecule has 0 atom stereocenters. The number of esters is 1. The Morgan fingerprint density at radius 2 is 1.73 bits per heavy atom. The predicted octanol–water partition coefficient (Wildman–Crippen LogP) is 3.00. The number of hydrogen-bond acceptors (Lipinski definition) is 6. The van der Waals surface area contributed by atoms with Crippen LogP contribution in [0.1, 0.15) is 18.1 Å². The van der Waals surface area contributed by atoms with Crippen LogP contribution in [0, 0.1) is 0 Å². The standard InChI is InChI=1S/C19H20N2O4S/c1-14(22)25-18-9-3-15(4-10-18)11-20-21-19(23)13-26-12-16-5-7-17(24-2)8-6-16/h3-11H,12-13H2,1-2H3,(H,21,23). The Morgan fingerprint density at radius 3 is 2.35 bits per heavy atom. The normalized spacial score (nSPS) is 10.5. The monoisotopic (exact) mass is 372 g/mol. The fourth-order valence-corrected chi connectivity index (χ4v) is 2.76. The zero-order valence-electron chi connectivity index (χ0n) is 14.6. The SMILES string of the molecule is COc1ccc(CSCC(=O)NN=Cc2ccc(OC(C)=O)cc2)cc1. The molecule has 1 amide bonds. The number of carbonyl (C=O) groups excluding carboxylic acids is 2. The molecule has 136 valence electrons. The first-order chi connectivity index (χ1) is 12.6. The zero-order valence-corrected chi connectivity index (χ0v) is 15.4. The molecule has 2 aromatic carbocycles. The van der Waals surface area contributed by atoms with E-state index in [4.69, 9.17) is 9.47 Å². The summed E-state index contributed by atoms with van der Waals surface area (Å²) < 4.78 is 10.0. The molecule has 0 aromatic heterocycles. The lowest BCUT2D eigenvalue weighted by Crippen LogP contribution is -2.19. The number of amides is 1. The average Bonchev–Trinajstić information content (AvgIpc) is 2.63. The Morgan fingerprint density at radius 1 is 1.08 bits per heavy atom. The molecular weight excluding hydrogens is 352 g/mol. The lowest BCUT2D eigenvalue weighted by Gasteiger charge is -2.03. The Balaban J connectivity index is 1.70.